The molecule has 0 fully saturated rings. The molecular weight excluding hydrogens is 343 g/mol. The molecule has 0 aliphatic carbocycles. The predicted octanol–water partition coefficient (Wildman–Crippen LogP) is 3.44. The number of nitrogens with one attached hydrogen (secondary N) is 1. The van der Waals surface area contributed by atoms with E-state index in [4.69, 9.17) is 23.2 Å². The highest BCUT2D eigenvalue weighted by Gasteiger charge is 2.13. The molecule has 0 aliphatic rings. The van der Waals surface area contributed by atoms with Crippen molar-refractivity contribution in [3.8, 4) is 17.1 Å². The minimum atomic E-state index is -0.501. The van der Waals surface area contributed by atoms with Crippen LogP contribution < -0.4 is 5.69 Å². The maximum Gasteiger partial charge on any atom is 0.348 e. The van der Waals surface area contributed by atoms with Crippen molar-refractivity contribution in [2.75, 3.05) is 0 Å². The molecule has 116 valence electrons. The Hall–Kier alpha value is -2.64. The maximum atomic E-state index is 12.1. The van der Waals surface area contributed by atoms with Crippen LogP contribution in [0.2, 0.25) is 10.0 Å². The van der Waals surface area contributed by atoms with E-state index < -0.39 is 10.6 Å². The van der Waals surface area contributed by atoms with E-state index in [9.17, 15) is 14.9 Å². The molecule has 23 heavy (non-hydrogen) atoms. The smallest absolute Gasteiger partial charge is 0.288 e. The highest BCUT2D eigenvalue weighted by atomic mass is 35.5. The van der Waals surface area contributed by atoms with Gasteiger partial charge in [-0.1, -0.05) is 23.2 Å². The summed E-state index contributed by atoms with van der Waals surface area (Å²) in [5.41, 5.74) is 0.390. The van der Waals surface area contributed by atoms with E-state index in [-0.39, 0.29) is 16.5 Å². The van der Waals surface area contributed by atoms with Gasteiger partial charge in [0.1, 0.15) is 0 Å². The summed E-state index contributed by atoms with van der Waals surface area (Å²) in [7, 11) is 0. The molecule has 9 heteroatoms. The first kappa shape index (κ1) is 15.3. The summed E-state index contributed by atoms with van der Waals surface area (Å²) in [5.74, 6) is 0.274. The topological polar surface area (TPSA) is 93.8 Å². The summed E-state index contributed by atoms with van der Waals surface area (Å²) in [6, 6.07) is 10.4. The molecule has 0 bridgehead atoms. The van der Waals surface area contributed by atoms with Crippen molar-refractivity contribution in [1.82, 2.24) is 14.8 Å². The summed E-state index contributed by atoms with van der Waals surface area (Å²) >= 11 is 11.9. The Morgan fingerprint density at radius 3 is 2.43 bits per heavy atom. The van der Waals surface area contributed by atoms with Crippen LogP contribution in [-0.2, 0) is 0 Å². The first-order chi connectivity index (χ1) is 11.0. The second-order valence-corrected chi connectivity index (χ2v) is 5.43. The minimum Gasteiger partial charge on any atom is -0.288 e. The van der Waals surface area contributed by atoms with Gasteiger partial charge in [-0.15, -0.1) is 5.10 Å². The van der Waals surface area contributed by atoms with Gasteiger partial charge < -0.3 is 0 Å². The summed E-state index contributed by atoms with van der Waals surface area (Å²) in [4.78, 5) is 24.8. The van der Waals surface area contributed by atoms with Crippen LogP contribution in [0.25, 0.3) is 17.1 Å². The molecule has 0 aliphatic heterocycles. The van der Waals surface area contributed by atoms with Gasteiger partial charge in [0.05, 0.1) is 15.6 Å². The summed E-state index contributed by atoms with van der Waals surface area (Å²) in [5, 5.41) is 15.5. The second kappa shape index (κ2) is 5.86. The molecule has 3 aromatic rings. The van der Waals surface area contributed by atoms with Gasteiger partial charge in [-0.3, -0.25) is 15.1 Å². The van der Waals surface area contributed by atoms with E-state index in [0.29, 0.717) is 16.3 Å². The monoisotopic (exact) mass is 350 g/mol. The van der Waals surface area contributed by atoms with Crippen molar-refractivity contribution in [2.45, 2.75) is 0 Å². The lowest BCUT2D eigenvalue weighted by molar-refractivity contribution is -0.384. The fourth-order valence-corrected chi connectivity index (χ4v) is 2.50. The Labute approximate surface area is 139 Å². The van der Waals surface area contributed by atoms with Crippen molar-refractivity contribution < 1.29 is 4.92 Å². The van der Waals surface area contributed by atoms with E-state index in [1.165, 1.54) is 30.3 Å². The molecule has 0 atom stereocenters. The lowest BCUT2D eigenvalue weighted by Gasteiger charge is -2.02. The van der Waals surface area contributed by atoms with Crippen LogP contribution in [0.5, 0.6) is 0 Å². The van der Waals surface area contributed by atoms with Crippen molar-refractivity contribution in [3.63, 3.8) is 0 Å². The van der Waals surface area contributed by atoms with Gasteiger partial charge in [0, 0.05) is 22.7 Å². The molecule has 0 amide bonds. The van der Waals surface area contributed by atoms with E-state index in [1.807, 2.05) is 0 Å². The van der Waals surface area contributed by atoms with E-state index in [2.05, 4.69) is 10.1 Å². The minimum absolute atomic E-state index is 0.0451. The zero-order chi connectivity index (χ0) is 16.6. The molecule has 1 aromatic heterocycles. The lowest BCUT2D eigenvalue weighted by Crippen LogP contribution is -2.16. The Kier molecular flexibility index (Phi) is 3.89. The van der Waals surface area contributed by atoms with Gasteiger partial charge in [0.15, 0.2) is 5.82 Å². The van der Waals surface area contributed by atoms with Crippen molar-refractivity contribution in [1.29, 1.82) is 0 Å². The fourth-order valence-electron chi connectivity index (χ4n) is 2.01. The predicted molar refractivity (Wildman–Crippen MR) is 86.3 cm³/mol. The molecule has 0 saturated heterocycles. The van der Waals surface area contributed by atoms with Gasteiger partial charge in [-0.2, -0.15) is 4.68 Å². The molecule has 0 spiro atoms. The Bertz CT molecular complexity index is 947. The van der Waals surface area contributed by atoms with E-state index in [0.717, 1.165) is 4.68 Å². The highest BCUT2D eigenvalue weighted by molar-refractivity contribution is 6.35. The zero-order valence-corrected chi connectivity index (χ0v) is 12.9. The second-order valence-electron chi connectivity index (χ2n) is 4.59. The number of halogens is 2. The number of non-ortho nitro benzene ring substituents is 1. The molecule has 0 radical (unpaired) electrons. The van der Waals surface area contributed by atoms with Crippen LogP contribution in [0.1, 0.15) is 0 Å². The number of hydrogen-bond acceptors (Lipinski definition) is 4. The Balaban J connectivity index is 2.04. The number of nitrogens with zero attached hydrogens (tertiary/aromatic N) is 3. The van der Waals surface area contributed by atoms with Crippen molar-refractivity contribution in [2.24, 2.45) is 0 Å². The summed E-state index contributed by atoms with van der Waals surface area (Å²) in [6.45, 7) is 0. The lowest BCUT2D eigenvalue weighted by atomic mass is 10.2. The van der Waals surface area contributed by atoms with E-state index in [1.54, 1.807) is 12.1 Å². The van der Waals surface area contributed by atoms with Crippen LogP contribution in [0.4, 0.5) is 5.69 Å². The number of nitro benzene ring substituents is 1. The van der Waals surface area contributed by atoms with Crippen LogP contribution in [0.3, 0.4) is 0 Å². The van der Waals surface area contributed by atoms with Gasteiger partial charge in [0.25, 0.3) is 5.69 Å². The highest BCUT2D eigenvalue weighted by Crippen LogP contribution is 2.24. The molecule has 1 heterocycles. The third-order valence-corrected chi connectivity index (χ3v) is 3.65. The van der Waals surface area contributed by atoms with E-state index >= 15 is 0 Å². The number of hydrogen-bond donors (Lipinski definition) is 1. The number of aromatic amines is 1. The maximum absolute atomic E-state index is 12.1. The molecule has 0 unspecified atom stereocenters. The van der Waals surface area contributed by atoms with Crippen LogP contribution >= 0.6 is 23.2 Å². The Morgan fingerprint density at radius 2 is 1.83 bits per heavy atom. The normalized spacial score (nSPS) is 10.7. The Morgan fingerprint density at radius 1 is 1.13 bits per heavy atom. The molecule has 3 rings (SSSR count). The molecule has 2 aromatic carbocycles. The fraction of sp³-hybridized carbons (Fsp3) is 0. The summed E-state index contributed by atoms with van der Waals surface area (Å²) in [6.07, 6.45) is 0. The van der Waals surface area contributed by atoms with Gasteiger partial charge in [-0.25, -0.2) is 4.79 Å². The first-order valence-corrected chi connectivity index (χ1v) is 7.11. The SMILES string of the molecule is O=c1[nH]c(-c2ccc([N+](=O)[O-])cc2)nn1-c1ccc(Cl)cc1Cl. The van der Waals surface area contributed by atoms with Gasteiger partial charge >= 0.3 is 5.69 Å². The number of benzene rings is 2. The largest absolute Gasteiger partial charge is 0.348 e. The number of aromatic nitrogens is 3. The average molecular weight is 351 g/mol. The van der Waals surface area contributed by atoms with Crippen LogP contribution in [-0.4, -0.2) is 19.7 Å². The number of nitro groups is 1. The quantitative estimate of drug-likeness (QED) is 0.578. The third kappa shape index (κ3) is 2.96. The van der Waals surface area contributed by atoms with Crippen molar-refractivity contribution >= 4 is 28.9 Å². The number of rotatable bonds is 3. The summed E-state index contributed by atoms with van der Waals surface area (Å²) < 4.78 is 1.11. The standard InChI is InChI=1S/C14H8Cl2N4O3/c15-9-3-6-12(11(16)7-9)19-14(21)17-13(18-19)8-1-4-10(5-2-8)20(22)23/h1-7H,(H,17,18,21). The average Bonchev–Trinajstić information content (AvgIpc) is 2.89. The molecule has 7 nitrogen and oxygen atoms in total. The molecular formula is C14H8Cl2N4O3. The number of H-pyrrole nitrogens is 1. The first-order valence-electron chi connectivity index (χ1n) is 6.35. The van der Waals surface area contributed by atoms with Gasteiger partial charge in [0.2, 0.25) is 0 Å². The zero-order valence-electron chi connectivity index (χ0n) is 11.4. The third-order valence-electron chi connectivity index (χ3n) is 3.11. The molecule has 1 N–H and O–H groups in total. The molecule has 0 saturated carbocycles. The van der Waals surface area contributed by atoms with Crippen molar-refractivity contribution in [3.05, 3.63) is 73.1 Å². The van der Waals surface area contributed by atoms with Gasteiger partial charge in [-0.05, 0) is 30.3 Å². The van der Waals surface area contributed by atoms with Crippen LogP contribution in [0, 0.1) is 10.1 Å². The van der Waals surface area contributed by atoms with Crippen LogP contribution in [0.15, 0.2) is 47.3 Å².